The molecule has 0 saturated heterocycles. The maximum atomic E-state index is 2.39. The number of hydrogen-bond acceptors (Lipinski definition) is 0. The van der Waals surface area contributed by atoms with Gasteiger partial charge >= 0.3 is 78.3 Å². The molecule has 0 saturated carbocycles. The molecule has 1 aliphatic carbocycles. The molecule has 12 heavy (non-hydrogen) atoms. The van der Waals surface area contributed by atoms with Crippen molar-refractivity contribution in [2.45, 2.75) is 33.1 Å². The molecule has 0 aromatic heterocycles. The number of hydrogen-bond donors (Lipinski definition) is 0. The summed E-state index contributed by atoms with van der Waals surface area (Å²) < 4.78 is 1.65. The van der Waals surface area contributed by atoms with Crippen molar-refractivity contribution < 1.29 is 49.5 Å². The van der Waals surface area contributed by atoms with Gasteiger partial charge in [0, 0.05) is 0 Å². The van der Waals surface area contributed by atoms with Gasteiger partial charge in [0.05, 0.1) is 0 Å². The van der Waals surface area contributed by atoms with E-state index in [-0.39, 0.29) is 24.8 Å². The van der Waals surface area contributed by atoms with Gasteiger partial charge in [0.25, 0.3) is 0 Å². The second-order valence-corrected chi connectivity index (χ2v) is 3.85. The van der Waals surface area contributed by atoms with Gasteiger partial charge in [-0.1, -0.05) is 0 Å². The molecule has 0 unspecified atom stereocenters. The van der Waals surface area contributed by atoms with Crippen molar-refractivity contribution in [2.24, 2.45) is 0 Å². The van der Waals surface area contributed by atoms with E-state index in [0.29, 0.717) is 0 Å². The first kappa shape index (κ1) is 15.4. The predicted octanol–water partition coefficient (Wildman–Crippen LogP) is -3.05. The van der Waals surface area contributed by atoms with Crippen molar-refractivity contribution in [1.29, 1.82) is 0 Å². The van der Waals surface area contributed by atoms with Crippen LogP contribution in [0.2, 0.25) is 0 Å². The van der Waals surface area contributed by atoms with Crippen LogP contribution < -0.4 is 24.8 Å². The maximum absolute atomic E-state index is 2.39. The van der Waals surface area contributed by atoms with Crippen molar-refractivity contribution in [3.8, 4) is 0 Å². The first-order chi connectivity index (χ1) is 4.79. The maximum Gasteiger partial charge on any atom is -1.00 e. The molecule has 0 spiro atoms. The van der Waals surface area contributed by atoms with Gasteiger partial charge in [-0.15, -0.1) is 0 Å². The Kier molecular flexibility index (Phi) is 9.45. The molecule has 0 fully saturated rings. The molecule has 0 aliphatic heterocycles. The molecule has 67 valence electrons. The zero-order chi connectivity index (χ0) is 7.56. The monoisotopic (exact) mass is 281 g/mol. The third-order valence-corrected chi connectivity index (χ3v) is 3.74. The Labute approximate surface area is 103 Å². The van der Waals surface area contributed by atoms with E-state index in [1.165, 1.54) is 19.3 Å². The van der Waals surface area contributed by atoms with Gasteiger partial charge in [-0.05, 0) is 0 Å². The van der Waals surface area contributed by atoms with E-state index < -0.39 is 0 Å². The number of allylic oxidation sites excluding steroid dienone is 4. The van der Waals surface area contributed by atoms with Crippen molar-refractivity contribution in [1.82, 2.24) is 0 Å². The molecule has 0 amide bonds. The second-order valence-electron chi connectivity index (χ2n) is 2.62. The quantitative estimate of drug-likeness (QED) is 0.505. The summed E-state index contributed by atoms with van der Waals surface area (Å²) in [6, 6.07) is 0. The Hall–Kier alpha value is 0.943. The summed E-state index contributed by atoms with van der Waals surface area (Å²) in [7, 11) is 0. The van der Waals surface area contributed by atoms with Crippen molar-refractivity contribution >= 4 is 0 Å². The van der Waals surface area contributed by atoms with Gasteiger partial charge in [-0.3, -0.25) is 0 Å². The van der Waals surface area contributed by atoms with Crippen LogP contribution in [-0.4, -0.2) is 0 Å². The molecule has 0 heterocycles. The summed E-state index contributed by atoms with van der Waals surface area (Å²) >= 11 is 1.60. The van der Waals surface area contributed by atoms with Crippen LogP contribution in [0.4, 0.5) is 0 Å². The Balaban J connectivity index is 0. The number of halogens is 2. The fraction of sp³-hybridized carbons (Fsp3) is 0.556. The Bertz CT molecular complexity index is 187. The molecule has 0 aromatic rings. The summed E-state index contributed by atoms with van der Waals surface area (Å²) in [6.07, 6.45) is 6.10. The largest absolute Gasteiger partial charge is 1.00 e. The third kappa shape index (κ3) is 3.36. The zero-order valence-corrected chi connectivity index (χ0v) is 11.4. The summed E-state index contributed by atoms with van der Waals surface area (Å²) in [5, 5.41) is 0. The zero-order valence-electron chi connectivity index (χ0n) is 7.45. The normalized spacial score (nSPS) is 15.2. The first-order valence-electron chi connectivity index (χ1n) is 3.92. The molecule has 0 bridgehead atoms. The average Bonchev–Trinajstić information content (AvgIpc) is 2.30. The minimum atomic E-state index is 0. The number of rotatable bonds is 2. The summed E-state index contributed by atoms with van der Waals surface area (Å²) in [6.45, 7) is 4.50. The molecule has 0 aromatic carbocycles. The van der Waals surface area contributed by atoms with Gasteiger partial charge in [0.1, 0.15) is 0 Å². The minimum Gasteiger partial charge on any atom is -1.00 e. The fourth-order valence-electron chi connectivity index (χ4n) is 1.32. The molecule has 1 aliphatic rings. The van der Waals surface area contributed by atoms with Crippen LogP contribution in [0, 0.1) is 0 Å². The van der Waals surface area contributed by atoms with Crippen LogP contribution >= 0.6 is 0 Å². The van der Waals surface area contributed by atoms with Crippen LogP contribution in [0.1, 0.15) is 33.1 Å². The van der Waals surface area contributed by atoms with E-state index in [0.717, 1.165) is 0 Å². The van der Waals surface area contributed by atoms with Gasteiger partial charge in [-0.25, -0.2) is 0 Å². The fourth-order valence-corrected chi connectivity index (χ4v) is 2.69. The van der Waals surface area contributed by atoms with Crippen LogP contribution in [0.3, 0.4) is 0 Å². The van der Waals surface area contributed by atoms with Crippen LogP contribution in [0.5, 0.6) is 0 Å². The van der Waals surface area contributed by atoms with Crippen LogP contribution in [-0.2, 0) is 24.7 Å². The van der Waals surface area contributed by atoms with Gasteiger partial charge in [0.2, 0.25) is 0 Å². The van der Waals surface area contributed by atoms with Gasteiger partial charge in [0.15, 0.2) is 0 Å². The SMILES string of the molecule is CCC1=CCC(CC)=[C]1[Zr+2].[Cl-].[Cl-]. The van der Waals surface area contributed by atoms with Gasteiger partial charge in [-0.2, -0.15) is 0 Å². The van der Waals surface area contributed by atoms with Gasteiger partial charge < -0.3 is 24.8 Å². The van der Waals surface area contributed by atoms with Crippen LogP contribution in [0.15, 0.2) is 20.5 Å². The standard InChI is InChI=1S/C9H13.2ClH.Zr/c1-3-8-5-6-9(4-2)7-8;;;/h5H,3-4,6H2,1-2H3;2*1H;/q;;;+2/p-2. The first-order valence-corrected chi connectivity index (χ1v) is 5.15. The van der Waals surface area contributed by atoms with Crippen molar-refractivity contribution in [2.75, 3.05) is 0 Å². The minimum absolute atomic E-state index is 0. The molecular formula is C9H13Cl2Zr. The molecule has 3 heteroatoms. The van der Waals surface area contributed by atoms with E-state index in [1.54, 1.807) is 39.1 Å². The Morgan fingerprint density at radius 3 is 2.08 bits per heavy atom. The summed E-state index contributed by atoms with van der Waals surface area (Å²) in [5.41, 5.74) is 3.28. The average molecular weight is 283 g/mol. The van der Waals surface area contributed by atoms with E-state index in [9.17, 15) is 0 Å². The Morgan fingerprint density at radius 2 is 1.83 bits per heavy atom. The summed E-state index contributed by atoms with van der Waals surface area (Å²) in [5.74, 6) is 0. The molecule has 0 N–H and O–H groups in total. The predicted molar refractivity (Wildman–Crippen MR) is 40.3 cm³/mol. The van der Waals surface area contributed by atoms with E-state index in [2.05, 4.69) is 19.9 Å². The molecule has 0 nitrogen and oxygen atoms in total. The van der Waals surface area contributed by atoms with Crippen molar-refractivity contribution in [3.05, 3.63) is 20.5 Å². The van der Waals surface area contributed by atoms with E-state index in [1.807, 2.05) is 0 Å². The topological polar surface area (TPSA) is 0 Å². The smallest absolute Gasteiger partial charge is 1.00 e. The van der Waals surface area contributed by atoms with Crippen LogP contribution in [0.25, 0.3) is 0 Å². The second kappa shape index (κ2) is 7.36. The Morgan fingerprint density at radius 1 is 1.25 bits per heavy atom. The molecule has 0 radical (unpaired) electrons. The molecular weight excluding hydrogens is 270 g/mol. The molecule has 1 rings (SSSR count). The van der Waals surface area contributed by atoms with E-state index in [4.69, 9.17) is 0 Å². The van der Waals surface area contributed by atoms with Crippen molar-refractivity contribution in [3.63, 3.8) is 0 Å². The summed E-state index contributed by atoms with van der Waals surface area (Å²) in [4.78, 5) is 0. The van der Waals surface area contributed by atoms with E-state index >= 15 is 0 Å². The third-order valence-electron chi connectivity index (χ3n) is 2.08. The molecule has 0 atom stereocenters.